The SMILES string of the molecule is COc1ccc(OCCNC(=O)[C@H](NC(=O)C23CC4CC(CC(C4)C2)C3)C(C)C)cc1. The fourth-order valence-electron chi connectivity index (χ4n) is 6.34. The van der Waals surface area contributed by atoms with Crippen LogP contribution >= 0.6 is 0 Å². The fourth-order valence-corrected chi connectivity index (χ4v) is 6.34. The van der Waals surface area contributed by atoms with Gasteiger partial charge in [0.1, 0.15) is 24.1 Å². The smallest absolute Gasteiger partial charge is 0.242 e. The van der Waals surface area contributed by atoms with Crippen LogP contribution in [0.25, 0.3) is 0 Å². The molecule has 1 aromatic rings. The number of ether oxygens (including phenoxy) is 2. The Morgan fingerprint density at radius 1 is 1.00 bits per heavy atom. The van der Waals surface area contributed by atoms with Gasteiger partial charge in [0.25, 0.3) is 0 Å². The number of benzene rings is 1. The largest absolute Gasteiger partial charge is 0.497 e. The summed E-state index contributed by atoms with van der Waals surface area (Å²) in [4.78, 5) is 26.2. The van der Waals surface area contributed by atoms with Gasteiger partial charge in [-0.2, -0.15) is 0 Å². The number of carbonyl (C=O) groups excluding carboxylic acids is 2. The minimum atomic E-state index is -0.513. The third-order valence-corrected chi connectivity index (χ3v) is 7.49. The van der Waals surface area contributed by atoms with Crippen LogP contribution in [0, 0.1) is 29.1 Å². The highest BCUT2D eigenvalue weighted by Gasteiger charge is 2.55. The molecule has 6 heteroatoms. The molecular weight excluding hydrogens is 392 g/mol. The van der Waals surface area contributed by atoms with Gasteiger partial charge in [-0.05, 0) is 86.5 Å². The molecule has 1 aromatic carbocycles. The second-order valence-electron chi connectivity index (χ2n) is 10.2. The Morgan fingerprint density at radius 3 is 2.06 bits per heavy atom. The monoisotopic (exact) mass is 428 g/mol. The normalized spacial score (nSPS) is 29.5. The van der Waals surface area contributed by atoms with Crippen LogP contribution in [-0.4, -0.2) is 38.1 Å². The van der Waals surface area contributed by atoms with Gasteiger partial charge in [0.15, 0.2) is 0 Å². The molecule has 4 aliphatic carbocycles. The summed E-state index contributed by atoms with van der Waals surface area (Å²) < 4.78 is 10.8. The lowest BCUT2D eigenvalue weighted by molar-refractivity contribution is -0.149. The van der Waals surface area contributed by atoms with E-state index in [0.717, 1.165) is 30.8 Å². The Morgan fingerprint density at radius 2 is 1.55 bits per heavy atom. The van der Waals surface area contributed by atoms with Gasteiger partial charge < -0.3 is 20.1 Å². The van der Waals surface area contributed by atoms with E-state index in [-0.39, 0.29) is 23.1 Å². The van der Waals surface area contributed by atoms with Crippen LogP contribution in [-0.2, 0) is 9.59 Å². The van der Waals surface area contributed by atoms with Crippen LogP contribution in [0.5, 0.6) is 11.5 Å². The van der Waals surface area contributed by atoms with Crippen molar-refractivity contribution in [2.75, 3.05) is 20.3 Å². The van der Waals surface area contributed by atoms with E-state index in [4.69, 9.17) is 9.47 Å². The summed E-state index contributed by atoms with van der Waals surface area (Å²) in [6, 6.07) is 6.83. The van der Waals surface area contributed by atoms with Crippen LogP contribution in [0.15, 0.2) is 24.3 Å². The number of hydrogen-bond donors (Lipinski definition) is 2. The van der Waals surface area contributed by atoms with Crippen LogP contribution in [0.4, 0.5) is 0 Å². The molecule has 170 valence electrons. The quantitative estimate of drug-likeness (QED) is 0.590. The van der Waals surface area contributed by atoms with Crippen molar-refractivity contribution in [1.29, 1.82) is 0 Å². The predicted molar refractivity (Wildman–Crippen MR) is 119 cm³/mol. The molecule has 0 radical (unpaired) electrons. The number of methoxy groups -OCH3 is 1. The molecule has 4 bridgehead atoms. The summed E-state index contributed by atoms with van der Waals surface area (Å²) in [5, 5.41) is 6.07. The van der Waals surface area contributed by atoms with Crippen molar-refractivity contribution < 1.29 is 19.1 Å². The summed E-state index contributed by atoms with van der Waals surface area (Å²) >= 11 is 0. The molecule has 0 unspecified atom stereocenters. The number of carbonyl (C=O) groups is 2. The molecule has 2 N–H and O–H groups in total. The first kappa shape index (κ1) is 22.0. The second-order valence-corrected chi connectivity index (χ2v) is 10.2. The van der Waals surface area contributed by atoms with Crippen molar-refractivity contribution in [3.63, 3.8) is 0 Å². The zero-order chi connectivity index (χ0) is 22.0. The first-order chi connectivity index (χ1) is 14.9. The maximum Gasteiger partial charge on any atom is 0.242 e. The van der Waals surface area contributed by atoms with Crippen molar-refractivity contribution in [3.8, 4) is 11.5 Å². The Labute approximate surface area is 185 Å². The second kappa shape index (κ2) is 9.09. The molecule has 0 heterocycles. The Hall–Kier alpha value is -2.24. The molecule has 4 fully saturated rings. The van der Waals surface area contributed by atoms with E-state index < -0.39 is 6.04 Å². The third-order valence-electron chi connectivity index (χ3n) is 7.49. The van der Waals surface area contributed by atoms with Gasteiger partial charge in [-0.3, -0.25) is 9.59 Å². The van der Waals surface area contributed by atoms with E-state index in [0.29, 0.717) is 30.9 Å². The van der Waals surface area contributed by atoms with Crippen LogP contribution < -0.4 is 20.1 Å². The first-order valence-electron chi connectivity index (χ1n) is 11.7. The summed E-state index contributed by atoms with van der Waals surface area (Å²) in [6.45, 7) is 4.73. The van der Waals surface area contributed by atoms with Crippen LogP contribution in [0.1, 0.15) is 52.4 Å². The summed E-state index contributed by atoms with van der Waals surface area (Å²) in [6.07, 6.45) is 6.92. The molecule has 4 aliphatic rings. The maximum absolute atomic E-state index is 13.4. The van der Waals surface area contributed by atoms with Gasteiger partial charge in [0, 0.05) is 5.41 Å². The molecule has 0 aliphatic heterocycles. The number of rotatable bonds is 9. The van der Waals surface area contributed by atoms with Crippen molar-refractivity contribution >= 4 is 11.8 Å². The van der Waals surface area contributed by atoms with E-state index in [2.05, 4.69) is 10.6 Å². The summed E-state index contributed by atoms with van der Waals surface area (Å²) in [7, 11) is 1.62. The van der Waals surface area contributed by atoms with Gasteiger partial charge in [0.2, 0.25) is 11.8 Å². The highest BCUT2D eigenvalue weighted by molar-refractivity contribution is 5.90. The number of nitrogens with one attached hydrogen (secondary N) is 2. The molecule has 2 amide bonds. The van der Waals surface area contributed by atoms with E-state index in [9.17, 15) is 9.59 Å². The Bertz CT molecular complexity index is 754. The van der Waals surface area contributed by atoms with Gasteiger partial charge in [-0.25, -0.2) is 0 Å². The zero-order valence-corrected chi connectivity index (χ0v) is 19.0. The third kappa shape index (κ3) is 4.83. The van der Waals surface area contributed by atoms with E-state index in [1.54, 1.807) is 7.11 Å². The summed E-state index contributed by atoms with van der Waals surface area (Å²) in [5.74, 6) is 3.62. The standard InChI is InChI=1S/C25H36N2O4/c1-16(2)22(23(28)26-8-9-31-21-6-4-20(30-3)5-7-21)27-24(29)25-13-17-10-18(14-25)12-19(11-17)15-25/h4-7,16-19,22H,8-15H2,1-3H3,(H,26,28)(H,27,29)/t17?,18?,19?,22-,25?/m1/s1. The topological polar surface area (TPSA) is 76.7 Å². The lowest BCUT2D eigenvalue weighted by Gasteiger charge is -2.55. The average Bonchev–Trinajstić information content (AvgIpc) is 2.74. The van der Waals surface area contributed by atoms with E-state index >= 15 is 0 Å². The Kier molecular flexibility index (Phi) is 6.44. The fraction of sp³-hybridized carbons (Fsp3) is 0.680. The molecule has 5 rings (SSSR count). The van der Waals surface area contributed by atoms with Crippen LogP contribution in [0.2, 0.25) is 0 Å². The van der Waals surface area contributed by atoms with Crippen molar-refractivity contribution in [2.45, 2.75) is 58.4 Å². The van der Waals surface area contributed by atoms with Crippen molar-refractivity contribution in [3.05, 3.63) is 24.3 Å². The van der Waals surface area contributed by atoms with Crippen LogP contribution in [0.3, 0.4) is 0 Å². The van der Waals surface area contributed by atoms with E-state index in [1.807, 2.05) is 38.1 Å². The lowest BCUT2D eigenvalue weighted by atomic mass is 9.49. The molecule has 0 aromatic heterocycles. The molecule has 1 atom stereocenters. The van der Waals surface area contributed by atoms with Gasteiger partial charge in [-0.15, -0.1) is 0 Å². The highest BCUT2D eigenvalue weighted by atomic mass is 16.5. The summed E-state index contributed by atoms with van der Waals surface area (Å²) in [5.41, 5.74) is -0.236. The molecule has 4 saturated carbocycles. The molecular formula is C25H36N2O4. The average molecular weight is 429 g/mol. The molecule has 31 heavy (non-hydrogen) atoms. The number of hydrogen-bond acceptors (Lipinski definition) is 4. The Balaban J connectivity index is 1.28. The lowest BCUT2D eigenvalue weighted by Crippen LogP contribution is -2.58. The van der Waals surface area contributed by atoms with Crippen molar-refractivity contribution in [1.82, 2.24) is 10.6 Å². The molecule has 0 saturated heterocycles. The highest BCUT2D eigenvalue weighted by Crippen LogP contribution is 2.60. The van der Waals surface area contributed by atoms with Crippen molar-refractivity contribution in [2.24, 2.45) is 29.1 Å². The minimum absolute atomic E-state index is 0.0281. The number of amides is 2. The van der Waals surface area contributed by atoms with Gasteiger partial charge in [-0.1, -0.05) is 13.8 Å². The molecule has 6 nitrogen and oxygen atoms in total. The zero-order valence-electron chi connectivity index (χ0n) is 19.0. The van der Waals surface area contributed by atoms with Gasteiger partial charge >= 0.3 is 0 Å². The molecule has 0 spiro atoms. The van der Waals surface area contributed by atoms with Gasteiger partial charge in [0.05, 0.1) is 13.7 Å². The maximum atomic E-state index is 13.4. The minimum Gasteiger partial charge on any atom is -0.497 e. The first-order valence-corrected chi connectivity index (χ1v) is 11.7. The predicted octanol–water partition coefficient (Wildman–Crippen LogP) is 3.55. The van der Waals surface area contributed by atoms with E-state index in [1.165, 1.54) is 19.3 Å².